The Kier molecular flexibility index (Phi) is 2.89. The van der Waals surface area contributed by atoms with Crippen LogP contribution in [0.25, 0.3) is 0 Å². The monoisotopic (exact) mass is 224 g/mol. The SMILES string of the molecule is COc1ccc(C2NC(C)(C)CS2)cn1. The van der Waals surface area contributed by atoms with E-state index in [9.17, 15) is 0 Å². The molecule has 2 heterocycles. The van der Waals surface area contributed by atoms with Crippen LogP contribution in [0.5, 0.6) is 5.88 Å². The number of nitrogens with one attached hydrogen (secondary N) is 1. The lowest BCUT2D eigenvalue weighted by atomic mass is 10.1. The molecule has 15 heavy (non-hydrogen) atoms. The lowest BCUT2D eigenvalue weighted by Gasteiger charge is -2.18. The van der Waals surface area contributed by atoms with E-state index in [1.165, 1.54) is 5.56 Å². The van der Waals surface area contributed by atoms with Gasteiger partial charge in [-0.05, 0) is 25.5 Å². The summed E-state index contributed by atoms with van der Waals surface area (Å²) in [6.45, 7) is 4.44. The zero-order chi connectivity index (χ0) is 10.9. The van der Waals surface area contributed by atoms with E-state index < -0.39 is 0 Å². The number of rotatable bonds is 2. The second kappa shape index (κ2) is 4.02. The Morgan fingerprint density at radius 2 is 2.33 bits per heavy atom. The molecule has 0 aliphatic carbocycles. The van der Waals surface area contributed by atoms with Gasteiger partial charge < -0.3 is 4.74 Å². The molecule has 1 atom stereocenters. The quantitative estimate of drug-likeness (QED) is 0.835. The smallest absolute Gasteiger partial charge is 0.212 e. The highest BCUT2D eigenvalue weighted by molar-refractivity contribution is 7.99. The Morgan fingerprint density at radius 3 is 2.80 bits per heavy atom. The zero-order valence-electron chi connectivity index (χ0n) is 9.28. The zero-order valence-corrected chi connectivity index (χ0v) is 10.1. The van der Waals surface area contributed by atoms with E-state index in [2.05, 4.69) is 30.2 Å². The standard InChI is InChI=1S/C11H16N2OS/c1-11(2)7-15-10(13-11)8-4-5-9(14-3)12-6-8/h4-6,10,13H,7H2,1-3H3. The van der Waals surface area contributed by atoms with Crippen LogP contribution in [-0.4, -0.2) is 23.4 Å². The summed E-state index contributed by atoms with van der Waals surface area (Å²) in [5.41, 5.74) is 1.43. The van der Waals surface area contributed by atoms with Gasteiger partial charge in [0.2, 0.25) is 5.88 Å². The van der Waals surface area contributed by atoms with Crippen LogP contribution in [0.4, 0.5) is 0 Å². The van der Waals surface area contributed by atoms with E-state index in [1.54, 1.807) is 7.11 Å². The second-order valence-corrected chi connectivity index (χ2v) is 5.45. The molecule has 0 aromatic carbocycles. The van der Waals surface area contributed by atoms with Crippen molar-refractivity contribution in [2.75, 3.05) is 12.9 Å². The minimum atomic E-state index is 0.218. The van der Waals surface area contributed by atoms with Crippen LogP contribution in [0, 0.1) is 0 Å². The van der Waals surface area contributed by atoms with E-state index in [4.69, 9.17) is 4.74 Å². The molecule has 0 saturated carbocycles. The third-order valence-corrected chi connectivity index (χ3v) is 4.02. The molecule has 0 amide bonds. The van der Waals surface area contributed by atoms with E-state index >= 15 is 0 Å². The fourth-order valence-electron chi connectivity index (χ4n) is 1.58. The summed E-state index contributed by atoms with van der Waals surface area (Å²) < 4.78 is 5.03. The van der Waals surface area contributed by atoms with E-state index in [0.717, 1.165) is 5.75 Å². The van der Waals surface area contributed by atoms with Crippen LogP contribution >= 0.6 is 11.8 Å². The molecule has 2 rings (SSSR count). The van der Waals surface area contributed by atoms with Crippen molar-refractivity contribution in [3.8, 4) is 5.88 Å². The molecule has 1 aliphatic heterocycles. The van der Waals surface area contributed by atoms with Crippen molar-refractivity contribution >= 4 is 11.8 Å². The predicted molar refractivity (Wildman–Crippen MR) is 63.2 cm³/mol. The highest BCUT2D eigenvalue weighted by Crippen LogP contribution is 2.36. The number of hydrogen-bond donors (Lipinski definition) is 1. The molecule has 4 heteroatoms. The molecular formula is C11H16N2OS. The third kappa shape index (κ3) is 2.44. The van der Waals surface area contributed by atoms with Crippen LogP contribution < -0.4 is 10.1 Å². The minimum absolute atomic E-state index is 0.218. The Hall–Kier alpha value is -0.740. The topological polar surface area (TPSA) is 34.1 Å². The minimum Gasteiger partial charge on any atom is -0.481 e. The van der Waals surface area contributed by atoms with Gasteiger partial charge in [-0.3, -0.25) is 5.32 Å². The predicted octanol–water partition coefficient (Wildman–Crippen LogP) is 2.20. The molecule has 1 fully saturated rings. The van der Waals surface area contributed by atoms with Crippen LogP contribution in [0.15, 0.2) is 18.3 Å². The highest BCUT2D eigenvalue weighted by atomic mass is 32.2. The van der Waals surface area contributed by atoms with Gasteiger partial charge in [0.05, 0.1) is 12.5 Å². The summed E-state index contributed by atoms with van der Waals surface area (Å²) in [6, 6.07) is 3.97. The van der Waals surface area contributed by atoms with Crippen LogP contribution in [0.2, 0.25) is 0 Å². The van der Waals surface area contributed by atoms with Gasteiger partial charge in [0, 0.05) is 23.6 Å². The molecule has 1 aliphatic rings. The van der Waals surface area contributed by atoms with Gasteiger partial charge >= 0.3 is 0 Å². The Balaban J connectivity index is 2.11. The average Bonchev–Trinajstić information content (AvgIpc) is 2.59. The molecule has 0 spiro atoms. The largest absolute Gasteiger partial charge is 0.481 e. The second-order valence-electron chi connectivity index (χ2n) is 4.35. The van der Waals surface area contributed by atoms with Gasteiger partial charge in [-0.2, -0.15) is 0 Å². The van der Waals surface area contributed by atoms with E-state index in [-0.39, 0.29) is 5.54 Å². The normalized spacial score (nSPS) is 24.1. The Labute approximate surface area is 94.6 Å². The summed E-state index contributed by atoms with van der Waals surface area (Å²) >= 11 is 1.92. The highest BCUT2D eigenvalue weighted by Gasteiger charge is 2.31. The number of methoxy groups -OCH3 is 1. The fourth-order valence-corrected chi connectivity index (χ4v) is 2.98. The summed E-state index contributed by atoms with van der Waals surface area (Å²) in [5.74, 6) is 1.80. The number of aromatic nitrogens is 1. The van der Waals surface area contributed by atoms with Crippen molar-refractivity contribution in [3.05, 3.63) is 23.9 Å². The summed E-state index contributed by atoms with van der Waals surface area (Å²) in [5, 5.41) is 3.93. The molecular weight excluding hydrogens is 208 g/mol. The molecule has 82 valence electrons. The van der Waals surface area contributed by atoms with Gasteiger partial charge in [-0.1, -0.05) is 0 Å². The molecule has 3 nitrogen and oxygen atoms in total. The molecule has 1 N–H and O–H groups in total. The first-order valence-electron chi connectivity index (χ1n) is 5.00. The van der Waals surface area contributed by atoms with Crippen LogP contribution in [-0.2, 0) is 0 Å². The number of ether oxygens (including phenoxy) is 1. The van der Waals surface area contributed by atoms with Gasteiger partial charge in [-0.15, -0.1) is 11.8 Å². The van der Waals surface area contributed by atoms with Crippen LogP contribution in [0.3, 0.4) is 0 Å². The molecule has 1 unspecified atom stereocenters. The van der Waals surface area contributed by atoms with Crippen molar-refractivity contribution in [1.29, 1.82) is 0 Å². The van der Waals surface area contributed by atoms with Crippen molar-refractivity contribution < 1.29 is 4.74 Å². The molecule has 1 aromatic rings. The first kappa shape index (κ1) is 10.8. The third-order valence-electron chi connectivity index (χ3n) is 2.40. The summed E-state index contributed by atoms with van der Waals surface area (Å²) in [4.78, 5) is 4.21. The van der Waals surface area contributed by atoms with Crippen molar-refractivity contribution in [2.24, 2.45) is 0 Å². The van der Waals surface area contributed by atoms with Gasteiger partial charge in [-0.25, -0.2) is 4.98 Å². The maximum Gasteiger partial charge on any atom is 0.212 e. The van der Waals surface area contributed by atoms with Gasteiger partial charge in [0.1, 0.15) is 0 Å². The maximum atomic E-state index is 5.03. The van der Waals surface area contributed by atoms with E-state index in [1.807, 2.05) is 24.0 Å². The fraction of sp³-hybridized carbons (Fsp3) is 0.545. The summed E-state index contributed by atoms with van der Waals surface area (Å²) in [7, 11) is 1.63. The number of pyridine rings is 1. The average molecular weight is 224 g/mol. The first-order valence-corrected chi connectivity index (χ1v) is 6.05. The molecule has 1 aromatic heterocycles. The van der Waals surface area contributed by atoms with Crippen molar-refractivity contribution in [1.82, 2.24) is 10.3 Å². The van der Waals surface area contributed by atoms with Gasteiger partial charge in [0.25, 0.3) is 0 Å². The lowest BCUT2D eigenvalue weighted by molar-refractivity contribution is 0.397. The number of thioether (sulfide) groups is 1. The van der Waals surface area contributed by atoms with Crippen LogP contribution in [0.1, 0.15) is 24.8 Å². The number of nitrogens with zero attached hydrogens (tertiary/aromatic N) is 1. The summed E-state index contributed by atoms with van der Waals surface area (Å²) in [6.07, 6.45) is 1.88. The van der Waals surface area contributed by atoms with E-state index in [0.29, 0.717) is 11.3 Å². The Morgan fingerprint density at radius 1 is 1.53 bits per heavy atom. The lowest BCUT2D eigenvalue weighted by Crippen LogP contribution is -2.35. The Bertz CT molecular complexity index is 337. The first-order chi connectivity index (χ1) is 7.11. The molecule has 0 bridgehead atoms. The molecule has 0 radical (unpaired) electrons. The molecule has 1 saturated heterocycles. The van der Waals surface area contributed by atoms with Crippen molar-refractivity contribution in [2.45, 2.75) is 24.8 Å². The maximum absolute atomic E-state index is 5.03. The number of hydrogen-bond acceptors (Lipinski definition) is 4. The van der Waals surface area contributed by atoms with Gasteiger partial charge in [0.15, 0.2) is 0 Å². The van der Waals surface area contributed by atoms with Crippen molar-refractivity contribution in [3.63, 3.8) is 0 Å².